The predicted octanol–water partition coefficient (Wildman–Crippen LogP) is 2.15. The fraction of sp³-hybridized carbons (Fsp3) is 0.571. The van der Waals surface area contributed by atoms with Crippen LogP contribution in [0.4, 0.5) is 11.5 Å². The molecule has 0 bridgehead atoms. The van der Waals surface area contributed by atoms with E-state index in [9.17, 15) is 10.1 Å². The summed E-state index contributed by atoms with van der Waals surface area (Å²) in [5.41, 5.74) is -0.217. The van der Waals surface area contributed by atoms with Crippen molar-refractivity contribution in [2.24, 2.45) is 0 Å². The second-order valence-electron chi connectivity index (χ2n) is 5.27. The zero-order chi connectivity index (χ0) is 15.2. The number of nitrogens with one attached hydrogen (secondary N) is 1. The molecule has 1 saturated carbocycles. The molecule has 1 fully saturated rings. The standard InChI is InChI=1S/C14H19N5O2/c1-18(12-4-2-3-5-12)9-8-17-14-13(19(20)21)11(10-15)6-7-16-14/h6-7,12H,2-5,8-9H2,1H3,(H,16,17). The first-order chi connectivity index (χ1) is 10.1. The summed E-state index contributed by atoms with van der Waals surface area (Å²) >= 11 is 0. The minimum Gasteiger partial charge on any atom is -0.363 e. The van der Waals surface area contributed by atoms with Crippen molar-refractivity contribution in [1.29, 1.82) is 5.26 Å². The van der Waals surface area contributed by atoms with Crippen LogP contribution in [0.3, 0.4) is 0 Å². The summed E-state index contributed by atoms with van der Waals surface area (Å²) in [5, 5.41) is 23.0. The van der Waals surface area contributed by atoms with E-state index in [2.05, 4.69) is 22.2 Å². The molecule has 7 heteroatoms. The molecule has 0 aliphatic heterocycles. The van der Waals surface area contributed by atoms with Crippen LogP contribution in [0.5, 0.6) is 0 Å². The second kappa shape index (κ2) is 6.99. The van der Waals surface area contributed by atoms with Gasteiger partial charge in [0.25, 0.3) is 0 Å². The molecule has 0 saturated heterocycles. The average molecular weight is 289 g/mol. The molecule has 0 amide bonds. The fourth-order valence-corrected chi connectivity index (χ4v) is 2.74. The molecule has 1 aromatic rings. The topological polar surface area (TPSA) is 95.1 Å². The first-order valence-corrected chi connectivity index (χ1v) is 7.11. The van der Waals surface area contributed by atoms with E-state index < -0.39 is 4.92 Å². The summed E-state index contributed by atoms with van der Waals surface area (Å²) in [6, 6.07) is 3.80. The molecule has 0 spiro atoms. The molecule has 0 aromatic carbocycles. The third-order valence-electron chi connectivity index (χ3n) is 3.93. The van der Waals surface area contributed by atoms with Gasteiger partial charge in [0.05, 0.1) is 4.92 Å². The molecule has 21 heavy (non-hydrogen) atoms. The number of likely N-dealkylation sites (N-methyl/N-ethyl adjacent to an activating group) is 1. The monoisotopic (exact) mass is 289 g/mol. The quantitative estimate of drug-likeness (QED) is 0.637. The summed E-state index contributed by atoms with van der Waals surface area (Å²) in [4.78, 5) is 16.8. The van der Waals surface area contributed by atoms with Gasteiger partial charge in [0.2, 0.25) is 5.82 Å². The molecule has 0 unspecified atom stereocenters. The molecule has 112 valence electrons. The maximum absolute atomic E-state index is 11.1. The third kappa shape index (κ3) is 3.67. The fourth-order valence-electron chi connectivity index (χ4n) is 2.74. The SMILES string of the molecule is CN(CCNc1nccc(C#N)c1[N+](=O)[O-])C1CCCC1. The molecule has 1 N–H and O–H groups in total. The van der Waals surface area contributed by atoms with Gasteiger partial charge in [-0.25, -0.2) is 4.98 Å². The van der Waals surface area contributed by atoms with Crippen molar-refractivity contribution in [3.05, 3.63) is 27.9 Å². The normalized spacial score (nSPS) is 15.1. The lowest BCUT2D eigenvalue weighted by Crippen LogP contribution is -2.33. The Kier molecular flexibility index (Phi) is 5.06. The van der Waals surface area contributed by atoms with Gasteiger partial charge in [-0.1, -0.05) is 12.8 Å². The maximum Gasteiger partial charge on any atom is 0.328 e. The van der Waals surface area contributed by atoms with Gasteiger partial charge in [0.1, 0.15) is 11.6 Å². The summed E-state index contributed by atoms with van der Waals surface area (Å²) in [5.74, 6) is 0.166. The van der Waals surface area contributed by atoms with E-state index in [1.165, 1.54) is 37.9 Å². The minimum absolute atomic E-state index is 0.0293. The lowest BCUT2D eigenvalue weighted by atomic mass is 10.2. The van der Waals surface area contributed by atoms with Crippen LogP contribution in [0.1, 0.15) is 31.2 Å². The number of nitro groups is 1. The summed E-state index contributed by atoms with van der Waals surface area (Å²) in [7, 11) is 2.07. The number of pyridine rings is 1. The number of hydrogen-bond acceptors (Lipinski definition) is 6. The Morgan fingerprint density at radius 1 is 1.57 bits per heavy atom. The molecule has 2 rings (SSSR count). The first kappa shape index (κ1) is 15.2. The zero-order valence-electron chi connectivity index (χ0n) is 12.1. The zero-order valence-corrected chi connectivity index (χ0v) is 12.1. The number of anilines is 1. The van der Waals surface area contributed by atoms with Crippen molar-refractivity contribution in [3.8, 4) is 6.07 Å². The van der Waals surface area contributed by atoms with Crippen LogP contribution < -0.4 is 5.32 Å². The molecule has 1 aromatic heterocycles. The molecule has 0 radical (unpaired) electrons. The number of hydrogen-bond donors (Lipinski definition) is 1. The van der Waals surface area contributed by atoms with Gasteiger partial charge in [-0.3, -0.25) is 10.1 Å². The van der Waals surface area contributed by atoms with Crippen LogP contribution in [0.25, 0.3) is 0 Å². The van der Waals surface area contributed by atoms with Gasteiger partial charge in [-0.2, -0.15) is 5.26 Å². The summed E-state index contributed by atoms with van der Waals surface area (Å²) in [6.07, 6.45) is 6.41. The van der Waals surface area contributed by atoms with E-state index in [1.54, 1.807) is 0 Å². The van der Waals surface area contributed by atoms with Crippen LogP contribution in [0.2, 0.25) is 0 Å². The number of nitrogens with zero attached hydrogens (tertiary/aromatic N) is 4. The maximum atomic E-state index is 11.1. The Morgan fingerprint density at radius 2 is 2.29 bits per heavy atom. The highest BCUT2D eigenvalue weighted by Crippen LogP contribution is 2.26. The van der Waals surface area contributed by atoms with Crippen molar-refractivity contribution in [2.45, 2.75) is 31.7 Å². The lowest BCUT2D eigenvalue weighted by Gasteiger charge is -2.23. The highest BCUT2D eigenvalue weighted by Gasteiger charge is 2.22. The highest BCUT2D eigenvalue weighted by atomic mass is 16.6. The van der Waals surface area contributed by atoms with Crippen LogP contribution in [0.15, 0.2) is 12.3 Å². The second-order valence-corrected chi connectivity index (χ2v) is 5.27. The van der Waals surface area contributed by atoms with E-state index in [0.717, 1.165) is 6.54 Å². The number of aromatic nitrogens is 1. The number of rotatable bonds is 6. The Balaban J connectivity index is 1.97. The Hall–Kier alpha value is -2.20. The molecule has 1 heterocycles. The smallest absolute Gasteiger partial charge is 0.328 e. The van der Waals surface area contributed by atoms with E-state index in [-0.39, 0.29) is 17.1 Å². The van der Waals surface area contributed by atoms with Gasteiger partial charge in [0.15, 0.2) is 0 Å². The molecular formula is C14H19N5O2. The first-order valence-electron chi connectivity index (χ1n) is 7.11. The molecule has 0 atom stereocenters. The summed E-state index contributed by atoms with van der Waals surface area (Å²) in [6.45, 7) is 1.36. The van der Waals surface area contributed by atoms with E-state index in [4.69, 9.17) is 5.26 Å². The van der Waals surface area contributed by atoms with E-state index in [0.29, 0.717) is 12.6 Å². The third-order valence-corrected chi connectivity index (χ3v) is 3.93. The van der Waals surface area contributed by atoms with Gasteiger partial charge in [0, 0.05) is 25.3 Å². The van der Waals surface area contributed by atoms with Crippen LogP contribution in [-0.4, -0.2) is 41.0 Å². The largest absolute Gasteiger partial charge is 0.363 e. The van der Waals surface area contributed by atoms with Gasteiger partial charge >= 0.3 is 5.69 Å². The van der Waals surface area contributed by atoms with Crippen molar-refractivity contribution in [2.75, 3.05) is 25.5 Å². The van der Waals surface area contributed by atoms with Crippen molar-refractivity contribution in [1.82, 2.24) is 9.88 Å². The molecule has 1 aliphatic carbocycles. The van der Waals surface area contributed by atoms with Crippen LogP contribution in [-0.2, 0) is 0 Å². The van der Waals surface area contributed by atoms with E-state index >= 15 is 0 Å². The molecule has 1 aliphatic rings. The molecule has 7 nitrogen and oxygen atoms in total. The van der Waals surface area contributed by atoms with Crippen LogP contribution >= 0.6 is 0 Å². The van der Waals surface area contributed by atoms with E-state index in [1.807, 2.05) is 6.07 Å². The Morgan fingerprint density at radius 3 is 2.90 bits per heavy atom. The van der Waals surface area contributed by atoms with Gasteiger partial charge in [-0.05, 0) is 26.0 Å². The Labute approximate surface area is 123 Å². The van der Waals surface area contributed by atoms with Gasteiger partial charge < -0.3 is 10.2 Å². The van der Waals surface area contributed by atoms with Crippen molar-refractivity contribution < 1.29 is 4.92 Å². The van der Waals surface area contributed by atoms with Crippen LogP contribution in [0, 0.1) is 21.4 Å². The highest BCUT2D eigenvalue weighted by molar-refractivity contribution is 5.63. The summed E-state index contributed by atoms with van der Waals surface area (Å²) < 4.78 is 0. The van der Waals surface area contributed by atoms with Gasteiger partial charge in [-0.15, -0.1) is 0 Å². The molecular weight excluding hydrogens is 270 g/mol. The van der Waals surface area contributed by atoms with Crippen molar-refractivity contribution >= 4 is 11.5 Å². The van der Waals surface area contributed by atoms with Crippen molar-refractivity contribution in [3.63, 3.8) is 0 Å². The minimum atomic E-state index is -0.561. The Bertz CT molecular complexity index is 549. The average Bonchev–Trinajstić information content (AvgIpc) is 3.00. The predicted molar refractivity (Wildman–Crippen MR) is 79.0 cm³/mol. The number of nitriles is 1. The lowest BCUT2D eigenvalue weighted by molar-refractivity contribution is -0.384.